The first-order chi connectivity index (χ1) is 6.81. The van der Waals surface area contributed by atoms with Crippen molar-refractivity contribution >= 4 is 17.3 Å². The highest BCUT2D eigenvalue weighted by Crippen LogP contribution is 2.22. The normalized spacial score (nSPS) is 20.4. The van der Waals surface area contributed by atoms with E-state index >= 15 is 0 Å². The van der Waals surface area contributed by atoms with E-state index in [0.29, 0.717) is 6.54 Å². The van der Waals surface area contributed by atoms with Crippen molar-refractivity contribution in [1.82, 2.24) is 4.98 Å². The van der Waals surface area contributed by atoms with E-state index in [2.05, 4.69) is 15.6 Å². The van der Waals surface area contributed by atoms with Crippen LogP contribution in [0, 0.1) is 0 Å². The number of pyridine rings is 1. The maximum Gasteiger partial charge on any atom is 0.255 e. The van der Waals surface area contributed by atoms with Crippen LogP contribution in [0.3, 0.4) is 0 Å². The molecule has 2 heterocycles. The van der Waals surface area contributed by atoms with Crippen LogP contribution < -0.4 is 10.6 Å². The number of nitrogens with zero attached hydrogens (tertiary/aromatic N) is 1. The molecule has 2 N–H and O–H groups in total. The average molecular weight is 193 g/mol. The van der Waals surface area contributed by atoms with Crippen LogP contribution in [0.5, 0.6) is 0 Å². The van der Waals surface area contributed by atoms with E-state index in [0.717, 1.165) is 11.4 Å². The number of carbonyl (C=O) groups is 1. The lowest BCUT2D eigenvalue weighted by Crippen LogP contribution is -2.32. The van der Waals surface area contributed by atoms with Gasteiger partial charge in [0.25, 0.3) is 5.91 Å². The first-order valence-corrected chi connectivity index (χ1v) is 4.33. The van der Waals surface area contributed by atoms with E-state index in [9.17, 15) is 4.79 Å². The molecule has 1 aromatic heterocycles. The Labute approximate surface area is 81.5 Å². The zero-order valence-electron chi connectivity index (χ0n) is 7.78. The smallest absolute Gasteiger partial charge is 0.255 e. The van der Waals surface area contributed by atoms with Crippen molar-refractivity contribution in [1.29, 1.82) is 0 Å². The van der Waals surface area contributed by atoms with Crippen molar-refractivity contribution in [2.24, 2.45) is 0 Å². The van der Waals surface area contributed by atoms with Crippen LogP contribution in [0.1, 0.15) is 0 Å². The van der Waals surface area contributed by atoms with Crippen molar-refractivity contribution < 1.29 is 9.53 Å². The summed E-state index contributed by atoms with van der Waals surface area (Å²) in [5, 5.41) is 5.84. The molecule has 1 aliphatic heterocycles. The van der Waals surface area contributed by atoms with Gasteiger partial charge in [0.05, 0.1) is 24.1 Å². The molecule has 2 rings (SSSR count). The summed E-state index contributed by atoms with van der Waals surface area (Å²) in [5.41, 5.74) is 1.56. The quantitative estimate of drug-likeness (QED) is 0.680. The Bertz CT molecular complexity index is 354. The molecule has 0 aliphatic carbocycles. The Kier molecular flexibility index (Phi) is 2.32. The third kappa shape index (κ3) is 1.54. The summed E-state index contributed by atoms with van der Waals surface area (Å²) < 4.78 is 5.02. The molecule has 0 fully saturated rings. The highest BCUT2D eigenvalue weighted by atomic mass is 16.5. The Balaban J connectivity index is 2.28. The molecule has 14 heavy (non-hydrogen) atoms. The summed E-state index contributed by atoms with van der Waals surface area (Å²) in [4.78, 5) is 15.5. The minimum absolute atomic E-state index is 0.134. The van der Waals surface area contributed by atoms with Crippen LogP contribution >= 0.6 is 0 Å². The second-order valence-electron chi connectivity index (χ2n) is 3.02. The van der Waals surface area contributed by atoms with Crippen molar-refractivity contribution in [2.45, 2.75) is 6.10 Å². The van der Waals surface area contributed by atoms with Gasteiger partial charge in [0.1, 0.15) is 0 Å². The summed E-state index contributed by atoms with van der Waals surface area (Å²) in [5.74, 6) is -0.134. The third-order valence-electron chi connectivity index (χ3n) is 2.13. The van der Waals surface area contributed by atoms with Crippen molar-refractivity contribution in [2.75, 3.05) is 24.3 Å². The Morgan fingerprint density at radius 2 is 2.43 bits per heavy atom. The predicted octanol–water partition coefficient (Wildman–Crippen LogP) is 0.461. The summed E-state index contributed by atoms with van der Waals surface area (Å²) in [7, 11) is 1.51. The number of hydrogen-bond donors (Lipinski definition) is 2. The van der Waals surface area contributed by atoms with E-state index in [1.54, 1.807) is 18.5 Å². The first kappa shape index (κ1) is 8.96. The first-order valence-electron chi connectivity index (χ1n) is 4.33. The van der Waals surface area contributed by atoms with Crippen LogP contribution in [0.25, 0.3) is 0 Å². The highest BCUT2D eigenvalue weighted by molar-refractivity contribution is 5.98. The molecule has 1 aromatic rings. The van der Waals surface area contributed by atoms with E-state index in [1.165, 1.54) is 7.11 Å². The molecule has 1 atom stereocenters. The van der Waals surface area contributed by atoms with Crippen molar-refractivity contribution in [3.8, 4) is 0 Å². The number of anilines is 2. The molecule has 0 spiro atoms. The maximum atomic E-state index is 11.5. The molecule has 1 unspecified atom stereocenters. The average Bonchev–Trinajstić information content (AvgIpc) is 2.36. The summed E-state index contributed by atoms with van der Waals surface area (Å²) in [6.07, 6.45) is 2.85. The number of amides is 1. The number of aromatic nitrogens is 1. The molecule has 5 nitrogen and oxygen atoms in total. The molecule has 5 heteroatoms. The Hall–Kier alpha value is -1.62. The van der Waals surface area contributed by atoms with Crippen LogP contribution in [0.4, 0.5) is 11.4 Å². The zero-order valence-corrected chi connectivity index (χ0v) is 7.78. The van der Waals surface area contributed by atoms with E-state index in [1.807, 2.05) is 0 Å². The lowest BCUT2D eigenvalue weighted by molar-refractivity contribution is -0.124. The summed E-state index contributed by atoms with van der Waals surface area (Å²) in [6, 6.07) is 1.75. The van der Waals surface area contributed by atoms with Gasteiger partial charge in [-0.2, -0.15) is 0 Å². The van der Waals surface area contributed by atoms with Gasteiger partial charge >= 0.3 is 0 Å². The van der Waals surface area contributed by atoms with Gasteiger partial charge in [0.2, 0.25) is 0 Å². The van der Waals surface area contributed by atoms with Gasteiger partial charge in [-0.1, -0.05) is 0 Å². The Morgan fingerprint density at radius 1 is 1.57 bits per heavy atom. The lowest BCUT2D eigenvalue weighted by Gasteiger charge is -2.09. The van der Waals surface area contributed by atoms with Gasteiger partial charge in [-0.05, 0) is 6.07 Å². The van der Waals surface area contributed by atoms with E-state index < -0.39 is 6.10 Å². The molecule has 1 amide bonds. The largest absolute Gasteiger partial charge is 0.379 e. The van der Waals surface area contributed by atoms with Crippen LogP contribution in [0.15, 0.2) is 18.5 Å². The monoisotopic (exact) mass is 193 g/mol. The fraction of sp³-hybridized carbons (Fsp3) is 0.333. The van der Waals surface area contributed by atoms with Gasteiger partial charge in [-0.25, -0.2) is 0 Å². The molecule has 0 bridgehead atoms. The SMILES string of the molecule is COC1CNc2cnccc2NC1=O. The van der Waals surface area contributed by atoms with Crippen LogP contribution in [-0.4, -0.2) is 30.6 Å². The zero-order chi connectivity index (χ0) is 9.97. The highest BCUT2D eigenvalue weighted by Gasteiger charge is 2.22. The van der Waals surface area contributed by atoms with E-state index in [4.69, 9.17) is 4.74 Å². The molecular formula is C9H11N3O2. The van der Waals surface area contributed by atoms with Crippen molar-refractivity contribution in [3.63, 3.8) is 0 Å². The van der Waals surface area contributed by atoms with Gasteiger partial charge < -0.3 is 15.4 Å². The number of rotatable bonds is 1. The number of nitrogens with one attached hydrogen (secondary N) is 2. The molecule has 74 valence electrons. The van der Waals surface area contributed by atoms with Crippen LogP contribution in [-0.2, 0) is 9.53 Å². The number of hydrogen-bond acceptors (Lipinski definition) is 4. The maximum absolute atomic E-state index is 11.5. The lowest BCUT2D eigenvalue weighted by atomic mass is 10.3. The number of methoxy groups -OCH3 is 1. The molecule has 0 saturated carbocycles. The van der Waals surface area contributed by atoms with E-state index in [-0.39, 0.29) is 5.91 Å². The number of fused-ring (bicyclic) bond motifs is 1. The molecule has 0 aromatic carbocycles. The van der Waals surface area contributed by atoms with Crippen molar-refractivity contribution in [3.05, 3.63) is 18.5 Å². The Morgan fingerprint density at radius 3 is 3.21 bits per heavy atom. The standard InChI is InChI=1S/C9H11N3O2/c1-14-8-5-11-7-4-10-3-2-6(7)12-9(8)13/h2-4,8,11H,5H2,1H3,(H,12,13). The second kappa shape index (κ2) is 3.63. The summed E-state index contributed by atoms with van der Waals surface area (Å²) >= 11 is 0. The molecule has 1 aliphatic rings. The second-order valence-corrected chi connectivity index (χ2v) is 3.02. The summed E-state index contributed by atoms with van der Waals surface area (Å²) in [6.45, 7) is 0.459. The molecule has 0 saturated heterocycles. The van der Waals surface area contributed by atoms with Gasteiger partial charge in [-0.3, -0.25) is 9.78 Å². The topological polar surface area (TPSA) is 63.2 Å². The molecular weight excluding hydrogens is 182 g/mol. The minimum Gasteiger partial charge on any atom is -0.379 e. The predicted molar refractivity (Wildman–Crippen MR) is 52.2 cm³/mol. The minimum atomic E-state index is -0.456. The van der Waals surface area contributed by atoms with Gasteiger partial charge in [0, 0.05) is 13.3 Å². The third-order valence-corrected chi connectivity index (χ3v) is 2.13. The van der Waals surface area contributed by atoms with Gasteiger partial charge in [0.15, 0.2) is 6.10 Å². The number of ether oxygens (including phenoxy) is 1. The van der Waals surface area contributed by atoms with Gasteiger partial charge in [-0.15, -0.1) is 0 Å². The fourth-order valence-corrected chi connectivity index (χ4v) is 1.34. The van der Waals surface area contributed by atoms with Crippen LogP contribution in [0.2, 0.25) is 0 Å². The molecule has 0 radical (unpaired) electrons. The number of carbonyl (C=O) groups excluding carboxylic acids is 1. The fourth-order valence-electron chi connectivity index (χ4n) is 1.34.